The van der Waals surface area contributed by atoms with Gasteiger partial charge in [-0.2, -0.15) is 5.10 Å². The number of pyridine rings is 1. The van der Waals surface area contributed by atoms with Crippen molar-refractivity contribution in [3.8, 4) is 0 Å². The van der Waals surface area contributed by atoms with E-state index >= 15 is 0 Å². The van der Waals surface area contributed by atoms with Gasteiger partial charge in [0.15, 0.2) is 5.11 Å². The fourth-order valence-corrected chi connectivity index (χ4v) is 2.34. The van der Waals surface area contributed by atoms with Gasteiger partial charge < -0.3 is 4.90 Å². The van der Waals surface area contributed by atoms with E-state index in [1.807, 2.05) is 25.1 Å². The molecule has 0 atom stereocenters. The first-order chi connectivity index (χ1) is 10.3. The second-order valence-electron chi connectivity index (χ2n) is 4.73. The molecule has 0 saturated carbocycles. The van der Waals surface area contributed by atoms with Crippen molar-refractivity contribution >= 4 is 33.1 Å². The summed E-state index contributed by atoms with van der Waals surface area (Å²) in [6.07, 6.45) is 6.79. The standard InChI is InChI=1S/C14H20N4S.ClH.Cu/c1-12(13-8-4-5-9-15-13)16-17-14(19)18-10-6-2-3-7-11-18;;/h4-5,8-9H,2-3,6-7,10-11H2,1H3,(H,17,19);1H;/q;;+2/p-1/b16-12+;;. The molecule has 1 aliphatic heterocycles. The molecule has 0 bridgehead atoms. The number of likely N-dealkylation sites (tertiary alicyclic amines) is 1. The van der Waals surface area contributed by atoms with Crippen LogP contribution in [0, 0.1) is 0 Å². The SMILES string of the molecule is C/C(=N\NC(=S)N1CCCCCC1)c1ccccn1.[Cl][Cu+]. The molecule has 1 aliphatic rings. The van der Waals surface area contributed by atoms with E-state index in [0.717, 1.165) is 29.6 Å². The van der Waals surface area contributed by atoms with Gasteiger partial charge in [0.1, 0.15) is 0 Å². The molecule has 0 spiro atoms. The molecular formula is C14H20ClCuN4S+. The van der Waals surface area contributed by atoms with Crippen LogP contribution in [0.4, 0.5) is 0 Å². The minimum absolute atomic E-state index is 0.720. The molecule has 1 N–H and O–H groups in total. The number of thiocarbonyl (C=S) groups is 1. The molecule has 119 valence electrons. The normalized spacial score (nSPS) is 15.6. The summed E-state index contributed by atoms with van der Waals surface area (Å²) in [4.78, 5) is 6.46. The molecule has 1 fully saturated rings. The molecular weight excluding hydrogens is 355 g/mol. The van der Waals surface area contributed by atoms with Crippen molar-refractivity contribution in [2.45, 2.75) is 32.6 Å². The Hall–Kier alpha value is -0.681. The fraction of sp³-hybridized carbons (Fsp3) is 0.500. The summed E-state index contributed by atoms with van der Waals surface area (Å²) >= 11 is 9.05. The Morgan fingerprint density at radius 1 is 1.29 bits per heavy atom. The van der Waals surface area contributed by atoms with Gasteiger partial charge in [-0.15, -0.1) is 0 Å². The van der Waals surface area contributed by atoms with Crippen LogP contribution in [-0.2, 0) is 15.1 Å². The van der Waals surface area contributed by atoms with E-state index in [2.05, 4.69) is 45.6 Å². The van der Waals surface area contributed by atoms with E-state index in [1.165, 1.54) is 25.7 Å². The van der Waals surface area contributed by atoms with E-state index in [4.69, 9.17) is 12.2 Å². The third-order valence-electron chi connectivity index (χ3n) is 3.25. The third kappa shape index (κ3) is 6.74. The maximum atomic E-state index is 5.39. The first-order valence-corrected chi connectivity index (χ1v) is 8.60. The minimum atomic E-state index is 0.720. The van der Waals surface area contributed by atoms with Gasteiger partial charge in [0.25, 0.3) is 0 Å². The molecule has 7 heteroatoms. The monoisotopic (exact) mass is 374 g/mol. The Kier molecular flexibility index (Phi) is 9.59. The number of nitrogens with one attached hydrogen (secondary N) is 1. The van der Waals surface area contributed by atoms with Gasteiger partial charge in [0, 0.05) is 19.3 Å². The average Bonchev–Trinajstić information content (AvgIpc) is 2.84. The van der Waals surface area contributed by atoms with Crippen molar-refractivity contribution in [3.63, 3.8) is 0 Å². The molecule has 0 unspecified atom stereocenters. The van der Waals surface area contributed by atoms with Crippen LogP contribution < -0.4 is 5.43 Å². The Morgan fingerprint density at radius 3 is 2.52 bits per heavy atom. The van der Waals surface area contributed by atoms with Gasteiger partial charge in [-0.3, -0.25) is 10.4 Å². The third-order valence-corrected chi connectivity index (χ3v) is 3.60. The summed E-state index contributed by atoms with van der Waals surface area (Å²) in [6, 6.07) is 5.79. The van der Waals surface area contributed by atoms with Crippen molar-refractivity contribution in [1.29, 1.82) is 0 Å². The average molecular weight is 375 g/mol. The molecule has 0 radical (unpaired) electrons. The number of aromatic nitrogens is 1. The zero-order valence-electron chi connectivity index (χ0n) is 12.0. The van der Waals surface area contributed by atoms with Gasteiger partial charge in [-0.25, -0.2) is 0 Å². The first-order valence-electron chi connectivity index (χ1n) is 6.89. The number of halogens is 1. The summed E-state index contributed by atoms with van der Waals surface area (Å²) in [5.41, 5.74) is 4.70. The summed E-state index contributed by atoms with van der Waals surface area (Å²) < 4.78 is 0. The Balaban J connectivity index is 0.00000106. The van der Waals surface area contributed by atoms with Gasteiger partial charge in [0.2, 0.25) is 0 Å². The van der Waals surface area contributed by atoms with Gasteiger partial charge in [0.05, 0.1) is 11.4 Å². The van der Waals surface area contributed by atoms with Gasteiger partial charge in [-0.05, 0) is 44.1 Å². The number of hydrogen-bond acceptors (Lipinski definition) is 3. The van der Waals surface area contributed by atoms with Crippen molar-refractivity contribution < 1.29 is 15.1 Å². The quantitative estimate of drug-likeness (QED) is 0.373. The van der Waals surface area contributed by atoms with E-state index in [9.17, 15) is 0 Å². The van der Waals surface area contributed by atoms with Crippen molar-refractivity contribution in [2.24, 2.45) is 5.10 Å². The number of rotatable bonds is 2. The number of hydrazone groups is 1. The van der Waals surface area contributed by atoms with Crippen LogP contribution in [0.5, 0.6) is 0 Å². The van der Waals surface area contributed by atoms with E-state index in [0.29, 0.717) is 0 Å². The molecule has 1 aromatic rings. The van der Waals surface area contributed by atoms with Crippen LogP contribution in [0.2, 0.25) is 0 Å². The molecule has 0 aliphatic carbocycles. The molecule has 2 rings (SSSR count). The van der Waals surface area contributed by atoms with Crippen molar-refractivity contribution in [1.82, 2.24) is 15.3 Å². The van der Waals surface area contributed by atoms with E-state index in [1.54, 1.807) is 6.20 Å². The Bertz CT molecular complexity index is 448. The van der Waals surface area contributed by atoms with E-state index < -0.39 is 0 Å². The summed E-state index contributed by atoms with van der Waals surface area (Å²) in [6.45, 7) is 3.99. The molecule has 0 amide bonds. The van der Waals surface area contributed by atoms with Crippen LogP contribution in [-0.4, -0.2) is 33.8 Å². The van der Waals surface area contributed by atoms with Crippen LogP contribution >= 0.6 is 22.3 Å². The summed E-state index contributed by atoms with van der Waals surface area (Å²) in [7, 11) is 4.20. The fourth-order valence-electron chi connectivity index (χ4n) is 2.11. The molecule has 1 aromatic heterocycles. The summed E-state index contributed by atoms with van der Waals surface area (Å²) in [5, 5.41) is 5.04. The second-order valence-corrected chi connectivity index (χ2v) is 5.12. The van der Waals surface area contributed by atoms with Crippen LogP contribution in [0.25, 0.3) is 0 Å². The number of nitrogens with zero attached hydrogens (tertiary/aromatic N) is 3. The first kappa shape index (κ1) is 18.4. The van der Waals surface area contributed by atoms with Crippen molar-refractivity contribution in [2.75, 3.05) is 13.1 Å². The van der Waals surface area contributed by atoms with Crippen LogP contribution in [0.3, 0.4) is 0 Å². The Morgan fingerprint density at radius 2 is 1.95 bits per heavy atom. The molecule has 4 nitrogen and oxygen atoms in total. The molecule has 21 heavy (non-hydrogen) atoms. The molecule has 1 saturated heterocycles. The molecule has 0 aromatic carbocycles. The topological polar surface area (TPSA) is 40.5 Å². The van der Waals surface area contributed by atoms with Gasteiger partial charge >= 0.3 is 25.2 Å². The zero-order chi connectivity index (χ0) is 15.5. The predicted octanol–water partition coefficient (Wildman–Crippen LogP) is 3.24. The van der Waals surface area contributed by atoms with Crippen LogP contribution in [0.1, 0.15) is 38.3 Å². The maximum absolute atomic E-state index is 5.39. The van der Waals surface area contributed by atoms with Crippen molar-refractivity contribution in [3.05, 3.63) is 30.1 Å². The number of hydrogen-bond donors (Lipinski definition) is 1. The second kappa shape index (κ2) is 11.0. The van der Waals surface area contributed by atoms with Crippen LogP contribution in [0.15, 0.2) is 29.5 Å². The van der Waals surface area contributed by atoms with E-state index in [-0.39, 0.29) is 0 Å². The van der Waals surface area contributed by atoms with Gasteiger partial charge in [-0.1, -0.05) is 18.9 Å². The summed E-state index contributed by atoms with van der Waals surface area (Å²) in [5.74, 6) is 0. The molecule has 2 heterocycles. The predicted molar refractivity (Wildman–Crippen MR) is 88.1 cm³/mol. The zero-order valence-corrected chi connectivity index (χ0v) is 14.5. The Labute approximate surface area is 144 Å².